The molecule has 39 heavy (non-hydrogen) atoms. The van der Waals surface area contributed by atoms with Crippen LogP contribution in [0.3, 0.4) is 0 Å². The van der Waals surface area contributed by atoms with Crippen molar-refractivity contribution < 1.29 is 19.4 Å². The Bertz CT molecular complexity index is 1450. The fourth-order valence-electron chi connectivity index (χ4n) is 5.67. The van der Waals surface area contributed by atoms with Crippen LogP contribution in [0.5, 0.6) is 0 Å². The summed E-state index contributed by atoms with van der Waals surface area (Å²) in [6, 6.07) is 9.47. The molecule has 0 unspecified atom stereocenters. The molecule has 0 aromatic carbocycles. The molecule has 3 aromatic heterocycles. The predicted molar refractivity (Wildman–Crippen MR) is 144 cm³/mol. The van der Waals surface area contributed by atoms with E-state index in [2.05, 4.69) is 26.8 Å². The van der Waals surface area contributed by atoms with Gasteiger partial charge in [-0.3, -0.25) is 9.78 Å². The summed E-state index contributed by atoms with van der Waals surface area (Å²) in [6.07, 6.45) is 7.19. The van der Waals surface area contributed by atoms with E-state index in [0.29, 0.717) is 28.9 Å². The van der Waals surface area contributed by atoms with Crippen molar-refractivity contribution in [3.05, 3.63) is 47.8 Å². The molecule has 5 N–H and O–H groups in total. The highest BCUT2D eigenvalue weighted by Gasteiger charge is 2.48. The van der Waals surface area contributed by atoms with Crippen LogP contribution in [0.4, 0.5) is 10.5 Å². The van der Waals surface area contributed by atoms with Crippen molar-refractivity contribution in [1.82, 2.24) is 19.9 Å². The lowest BCUT2D eigenvalue weighted by molar-refractivity contribution is -0.0580. The molecule has 204 valence electrons. The van der Waals surface area contributed by atoms with Gasteiger partial charge in [0.05, 0.1) is 45.5 Å². The molecule has 0 aliphatic heterocycles. The van der Waals surface area contributed by atoms with E-state index in [1.807, 2.05) is 18.2 Å². The molecule has 0 spiro atoms. The van der Waals surface area contributed by atoms with Crippen LogP contribution in [0.15, 0.2) is 36.7 Å². The van der Waals surface area contributed by atoms with Crippen molar-refractivity contribution in [2.75, 3.05) is 11.9 Å². The zero-order chi connectivity index (χ0) is 27.8. The second kappa shape index (κ2) is 9.85. The number of hydrogen-bond acceptors (Lipinski definition) is 8. The summed E-state index contributed by atoms with van der Waals surface area (Å²) in [7, 11) is 0. The largest absolute Gasteiger partial charge is 0.444 e. The maximum Gasteiger partial charge on any atom is 0.405 e. The summed E-state index contributed by atoms with van der Waals surface area (Å²) in [5.74, 6) is -0.303. The highest BCUT2D eigenvalue weighted by atomic mass is 16.6. The Morgan fingerprint density at radius 1 is 1.18 bits per heavy atom. The molecule has 0 radical (unpaired) electrons. The lowest BCUT2D eigenvalue weighted by atomic mass is 9.63. The summed E-state index contributed by atoms with van der Waals surface area (Å²) in [5.41, 5.74) is 7.17. The Hall–Kier alpha value is -4.17. The van der Waals surface area contributed by atoms with Gasteiger partial charge in [-0.1, -0.05) is 0 Å². The highest BCUT2D eigenvalue weighted by molar-refractivity contribution is 6.00. The molecule has 6 rings (SSSR count). The summed E-state index contributed by atoms with van der Waals surface area (Å²) >= 11 is 0. The molecular formula is C28H33N7O4. The van der Waals surface area contributed by atoms with Crippen LogP contribution in [0.1, 0.15) is 74.7 Å². The Balaban J connectivity index is 1.44. The van der Waals surface area contributed by atoms with Gasteiger partial charge in [0.2, 0.25) is 0 Å². The molecule has 2 amide bonds. The number of carbonyl (C=O) groups is 2. The number of nitrogens with one attached hydrogen (secondary N) is 2. The number of nitrogens with two attached hydrogens (primary N) is 1. The second-order valence-electron chi connectivity index (χ2n) is 11.3. The van der Waals surface area contributed by atoms with Crippen LogP contribution in [0.2, 0.25) is 0 Å². The van der Waals surface area contributed by atoms with Gasteiger partial charge >= 0.3 is 6.09 Å². The van der Waals surface area contributed by atoms with Crippen LogP contribution in [-0.4, -0.2) is 55.0 Å². The lowest BCUT2D eigenvalue weighted by Gasteiger charge is -2.51. The fraction of sp³-hybridized carbons (Fsp3) is 0.464. The SMILES string of the molecule is CC(C)(CCNC(=O)c1cnc(-c2ccc3cc(C#N)cnn23)cc1NC12CCC(O)(CC1)CC2)OC(N)=O. The van der Waals surface area contributed by atoms with Gasteiger partial charge in [-0.25, -0.2) is 9.31 Å². The minimum Gasteiger partial charge on any atom is -0.444 e. The van der Waals surface area contributed by atoms with Crippen molar-refractivity contribution in [1.29, 1.82) is 5.26 Å². The minimum atomic E-state index is -0.861. The first-order valence-corrected chi connectivity index (χ1v) is 13.2. The molecular weight excluding hydrogens is 498 g/mol. The third-order valence-electron chi connectivity index (χ3n) is 8.04. The maximum absolute atomic E-state index is 13.3. The molecule has 11 heteroatoms. The van der Waals surface area contributed by atoms with Crippen molar-refractivity contribution in [2.45, 2.75) is 75.5 Å². The van der Waals surface area contributed by atoms with Gasteiger partial charge in [0.25, 0.3) is 5.91 Å². The zero-order valence-electron chi connectivity index (χ0n) is 22.2. The number of aromatic nitrogens is 3. The van der Waals surface area contributed by atoms with Crippen molar-refractivity contribution >= 4 is 23.2 Å². The Morgan fingerprint density at radius 2 is 1.90 bits per heavy atom. The van der Waals surface area contributed by atoms with Crippen LogP contribution >= 0.6 is 0 Å². The van der Waals surface area contributed by atoms with Gasteiger partial charge in [-0.2, -0.15) is 10.4 Å². The number of rotatable bonds is 8. The van der Waals surface area contributed by atoms with E-state index in [4.69, 9.17) is 10.5 Å². The van der Waals surface area contributed by atoms with Crippen LogP contribution in [0.25, 0.3) is 16.9 Å². The number of nitriles is 1. The van der Waals surface area contributed by atoms with E-state index < -0.39 is 17.3 Å². The number of hydrogen-bond donors (Lipinski definition) is 4. The van der Waals surface area contributed by atoms with Gasteiger partial charge < -0.3 is 26.2 Å². The average molecular weight is 532 g/mol. The number of fused-ring (bicyclic) bond motifs is 4. The molecule has 11 nitrogen and oxygen atoms in total. The van der Waals surface area contributed by atoms with Gasteiger partial charge in [0, 0.05) is 24.7 Å². The molecule has 3 fully saturated rings. The molecule has 3 aliphatic carbocycles. The standard InChI is InChI=1S/C28H33N7O4/c1-26(2,39-25(30)37)11-12-31-24(36)20-17-32-22(23-4-3-19-13-18(15-29)16-33-35(19)23)14-21(20)34-27-5-8-28(38,9-6-27)10-7-27/h3-4,13-14,16-17,38H,5-12H2,1-2H3,(H2,30,37)(H,31,36)(H,32,34). The van der Waals surface area contributed by atoms with Gasteiger partial charge in [-0.05, 0) is 76.6 Å². The Kier molecular flexibility index (Phi) is 6.68. The first kappa shape index (κ1) is 26.4. The van der Waals surface area contributed by atoms with E-state index in [-0.39, 0.29) is 18.0 Å². The second-order valence-corrected chi connectivity index (χ2v) is 11.3. The van der Waals surface area contributed by atoms with Crippen molar-refractivity contribution in [3.63, 3.8) is 0 Å². The topological polar surface area (TPSA) is 168 Å². The molecule has 0 atom stereocenters. The number of amides is 2. The summed E-state index contributed by atoms with van der Waals surface area (Å²) in [4.78, 5) is 29.1. The number of nitrogens with zero attached hydrogens (tertiary/aromatic N) is 4. The van der Waals surface area contributed by atoms with E-state index >= 15 is 0 Å². The Labute approximate surface area is 226 Å². The van der Waals surface area contributed by atoms with Gasteiger partial charge in [0.1, 0.15) is 11.7 Å². The van der Waals surface area contributed by atoms with Gasteiger partial charge in [0.15, 0.2) is 0 Å². The number of aliphatic hydroxyl groups is 1. The molecule has 3 saturated carbocycles. The number of anilines is 1. The Morgan fingerprint density at radius 3 is 2.56 bits per heavy atom. The molecule has 2 bridgehead atoms. The summed E-state index contributed by atoms with van der Waals surface area (Å²) < 4.78 is 6.83. The molecule has 3 aromatic rings. The van der Waals surface area contributed by atoms with Gasteiger partial charge in [-0.15, -0.1) is 0 Å². The highest BCUT2D eigenvalue weighted by Crippen LogP contribution is 2.48. The van der Waals surface area contributed by atoms with E-state index in [9.17, 15) is 20.0 Å². The van der Waals surface area contributed by atoms with E-state index in [0.717, 1.165) is 49.7 Å². The fourth-order valence-corrected chi connectivity index (χ4v) is 5.67. The van der Waals surface area contributed by atoms with Crippen molar-refractivity contribution in [3.8, 4) is 17.5 Å². The quantitative estimate of drug-likeness (QED) is 0.342. The van der Waals surface area contributed by atoms with E-state index in [1.165, 1.54) is 6.20 Å². The third-order valence-corrected chi connectivity index (χ3v) is 8.04. The molecule has 3 heterocycles. The molecule has 3 aliphatic rings. The smallest absolute Gasteiger partial charge is 0.405 e. The lowest BCUT2D eigenvalue weighted by Crippen LogP contribution is -2.54. The summed E-state index contributed by atoms with van der Waals surface area (Å²) in [6.45, 7) is 3.73. The average Bonchev–Trinajstić information content (AvgIpc) is 3.32. The maximum atomic E-state index is 13.3. The van der Waals surface area contributed by atoms with E-state index in [1.54, 1.807) is 30.6 Å². The monoisotopic (exact) mass is 531 g/mol. The van der Waals surface area contributed by atoms with Crippen molar-refractivity contribution in [2.24, 2.45) is 5.73 Å². The number of ether oxygens (including phenoxy) is 1. The predicted octanol–water partition coefficient (Wildman–Crippen LogP) is 3.51. The van der Waals surface area contributed by atoms with Crippen LogP contribution < -0.4 is 16.4 Å². The number of pyridine rings is 1. The molecule has 0 saturated heterocycles. The first-order valence-electron chi connectivity index (χ1n) is 13.2. The number of carbonyl (C=O) groups excluding carboxylic acids is 2. The summed E-state index contributed by atoms with van der Waals surface area (Å²) in [5, 5.41) is 30.9. The normalized spacial score (nSPS) is 22.3. The minimum absolute atomic E-state index is 0.212. The first-order chi connectivity index (χ1) is 18.5. The van der Waals surface area contributed by atoms with Crippen LogP contribution in [-0.2, 0) is 4.74 Å². The van der Waals surface area contributed by atoms with Crippen LogP contribution in [0, 0.1) is 11.3 Å². The number of primary amides is 1. The zero-order valence-corrected chi connectivity index (χ0v) is 22.2. The third kappa shape index (κ3) is 5.52.